The van der Waals surface area contributed by atoms with Gasteiger partial charge in [0, 0.05) is 9.13 Å². The topological polar surface area (TPSA) is 17.1 Å². The van der Waals surface area contributed by atoms with Crippen LogP contribution in [0, 0.1) is 3.57 Å². The molecule has 0 aliphatic carbocycles. The third kappa shape index (κ3) is 2.12. The van der Waals surface area contributed by atoms with Gasteiger partial charge in [0.05, 0.1) is 10.0 Å². The molecule has 1 aromatic rings. The van der Waals surface area contributed by atoms with Crippen molar-refractivity contribution in [3.8, 4) is 0 Å². The number of carbonyl (C=O) groups is 1. The summed E-state index contributed by atoms with van der Waals surface area (Å²) in [6, 6.07) is 3.27. The smallest absolute Gasteiger partial charge is 0.161 e. The molecule has 0 fully saturated rings. The van der Waals surface area contributed by atoms with Gasteiger partial charge in [-0.15, -0.1) is 0 Å². The number of benzene rings is 1. The van der Waals surface area contributed by atoms with Crippen molar-refractivity contribution in [3.63, 3.8) is 0 Å². The molecule has 0 saturated carbocycles. The fourth-order valence-corrected chi connectivity index (χ4v) is 1.78. The average molecular weight is 315 g/mol. The summed E-state index contributed by atoms with van der Waals surface area (Å²) in [7, 11) is 0. The summed E-state index contributed by atoms with van der Waals surface area (Å²) in [5.41, 5.74) is 0.519. The van der Waals surface area contributed by atoms with Gasteiger partial charge in [0.2, 0.25) is 0 Å². The minimum Gasteiger partial charge on any atom is -0.294 e. The Morgan fingerprint density at radius 1 is 1.33 bits per heavy atom. The molecule has 1 aromatic carbocycles. The highest BCUT2D eigenvalue weighted by atomic mass is 127. The molecule has 0 atom stereocenters. The van der Waals surface area contributed by atoms with Crippen LogP contribution in [0.1, 0.15) is 17.3 Å². The molecule has 0 unspecified atom stereocenters. The van der Waals surface area contributed by atoms with Crippen LogP contribution in [0.15, 0.2) is 12.1 Å². The maximum Gasteiger partial charge on any atom is 0.161 e. The van der Waals surface area contributed by atoms with Crippen LogP contribution in [0.3, 0.4) is 0 Å². The van der Waals surface area contributed by atoms with E-state index in [0.29, 0.717) is 15.6 Å². The van der Waals surface area contributed by atoms with E-state index < -0.39 is 0 Å². The Morgan fingerprint density at radius 2 is 1.92 bits per heavy atom. The number of hydrogen-bond acceptors (Lipinski definition) is 1. The molecule has 0 heterocycles. The van der Waals surface area contributed by atoms with Gasteiger partial charge in [0.15, 0.2) is 5.78 Å². The molecule has 0 saturated heterocycles. The van der Waals surface area contributed by atoms with Gasteiger partial charge in [0.1, 0.15) is 0 Å². The second-order valence-electron chi connectivity index (χ2n) is 2.30. The number of carbonyl (C=O) groups excluding carboxylic acids is 1. The highest BCUT2D eigenvalue weighted by molar-refractivity contribution is 14.1. The van der Waals surface area contributed by atoms with Gasteiger partial charge in [0.25, 0.3) is 0 Å². The van der Waals surface area contributed by atoms with Crippen molar-refractivity contribution in [2.45, 2.75) is 6.92 Å². The summed E-state index contributed by atoms with van der Waals surface area (Å²) in [6.07, 6.45) is 0. The zero-order valence-electron chi connectivity index (χ0n) is 6.20. The molecule has 0 amide bonds. The summed E-state index contributed by atoms with van der Waals surface area (Å²) in [5, 5.41) is 0.985. The molecule has 0 aliphatic rings. The van der Waals surface area contributed by atoms with Gasteiger partial charge in [-0.1, -0.05) is 23.2 Å². The third-order valence-electron chi connectivity index (χ3n) is 1.39. The molecule has 1 rings (SSSR count). The lowest BCUT2D eigenvalue weighted by Gasteiger charge is -2.01. The van der Waals surface area contributed by atoms with E-state index in [0.717, 1.165) is 3.57 Å². The number of halogens is 3. The largest absolute Gasteiger partial charge is 0.294 e. The van der Waals surface area contributed by atoms with Crippen LogP contribution >= 0.6 is 45.8 Å². The van der Waals surface area contributed by atoms with Gasteiger partial charge < -0.3 is 0 Å². The minimum absolute atomic E-state index is 0.0467. The second-order valence-corrected chi connectivity index (χ2v) is 4.28. The lowest BCUT2D eigenvalue weighted by molar-refractivity contribution is 0.101. The third-order valence-corrected chi connectivity index (χ3v) is 3.23. The highest BCUT2D eigenvalue weighted by Gasteiger charge is 2.08. The standard InChI is InChI=1S/C8H5Cl2IO/c1-4(12)5-2-8(11)7(10)3-6(5)9/h2-3H,1H3. The average Bonchev–Trinajstić information content (AvgIpc) is 1.96. The van der Waals surface area contributed by atoms with Crippen molar-refractivity contribution in [3.05, 3.63) is 31.3 Å². The van der Waals surface area contributed by atoms with Crippen molar-refractivity contribution in [1.82, 2.24) is 0 Å². The zero-order chi connectivity index (χ0) is 9.30. The van der Waals surface area contributed by atoms with E-state index in [2.05, 4.69) is 22.6 Å². The van der Waals surface area contributed by atoms with Crippen LogP contribution in [0.2, 0.25) is 10.0 Å². The van der Waals surface area contributed by atoms with Crippen LogP contribution in [-0.4, -0.2) is 5.78 Å². The van der Waals surface area contributed by atoms with Gasteiger partial charge in [-0.2, -0.15) is 0 Å². The fraction of sp³-hybridized carbons (Fsp3) is 0.125. The van der Waals surface area contributed by atoms with Crippen molar-refractivity contribution in [2.24, 2.45) is 0 Å². The number of Topliss-reactive ketones (excluding diaryl/α,β-unsaturated/α-hetero) is 1. The fourth-order valence-electron chi connectivity index (χ4n) is 0.792. The van der Waals surface area contributed by atoms with E-state index in [1.54, 1.807) is 12.1 Å². The minimum atomic E-state index is -0.0467. The normalized spacial score (nSPS) is 10.0. The quantitative estimate of drug-likeness (QED) is 0.438. The first-order chi connectivity index (χ1) is 5.52. The monoisotopic (exact) mass is 314 g/mol. The van der Waals surface area contributed by atoms with E-state index in [1.807, 2.05) is 0 Å². The predicted molar refractivity (Wildman–Crippen MR) is 59.2 cm³/mol. The first-order valence-electron chi connectivity index (χ1n) is 3.18. The summed E-state index contributed by atoms with van der Waals surface area (Å²) >= 11 is 13.6. The van der Waals surface area contributed by atoms with Gasteiger partial charge in [-0.05, 0) is 41.6 Å². The molecule has 64 valence electrons. The Hall–Kier alpha value is 0.200. The first-order valence-corrected chi connectivity index (χ1v) is 5.01. The highest BCUT2D eigenvalue weighted by Crippen LogP contribution is 2.26. The molecule has 0 bridgehead atoms. The number of rotatable bonds is 1. The van der Waals surface area contributed by atoms with E-state index >= 15 is 0 Å². The van der Waals surface area contributed by atoms with Crippen molar-refractivity contribution in [2.75, 3.05) is 0 Å². The molecule has 4 heteroatoms. The zero-order valence-corrected chi connectivity index (χ0v) is 9.87. The maximum atomic E-state index is 11.0. The van der Waals surface area contributed by atoms with E-state index in [4.69, 9.17) is 23.2 Å². The lowest BCUT2D eigenvalue weighted by atomic mass is 10.1. The molecule has 0 N–H and O–H groups in total. The number of hydrogen-bond donors (Lipinski definition) is 0. The van der Waals surface area contributed by atoms with Gasteiger partial charge in [-0.3, -0.25) is 4.79 Å². The lowest BCUT2D eigenvalue weighted by Crippen LogP contribution is -1.94. The second kappa shape index (κ2) is 3.94. The Kier molecular flexibility index (Phi) is 3.37. The molecule has 12 heavy (non-hydrogen) atoms. The van der Waals surface area contributed by atoms with E-state index in [1.165, 1.54) is 6.92 Å². The molecule has 1 nitrogen and oxygen atoms in total. The van der Waals surface area contributed by atoms with Crippen LogP contribution in [0.25, 0.3) is 0 Å². The summed E-state index contributed by atoms with van der Waals surface area (Å²) in [4.78, 5) is 11.0. The Morgan fingerprint density at radius 3 is 2.42 bits per heavy atom. The molecule has 0 radical (unpaired) electrons. The van der Waals surface area contributed by atoms with Crippen molar-refractivity contribution >= 4 is 51.6 Å². The Balaban J connectivity index is 3.33. The van der Waals surface area contributed by atoms with Crippen LogP contribution in [-0.2, 0) is 0 Å². The SMILES string of the molecule is CC(=O)c1cc(I)c(Cl)cc1Cl. The number of ketones is 1. The molecule has 0 spiro atoms. The van der Waals surface area contributed by atoms with Crippen molar-refractivity contribution < 1.29 is 4.79 Å². The Bertz CT molecular complexity index is 336. The van der Waals surface area contributed by atoms with Crippen LogP contribution in [0.5, 0.6) is 0 Å². The van der Waals surface area contributed by atoms with Gasteiger partial charge in [-0.25, -0.2) is 0 Å². The molecular weight excluding hydrogens is 310 g/mol. The predicted octanol–water partition coefficient (Wildman–Crippen LogP) is 3.80. The Labute approximate surface area is 94.2 Å². The van der Waals surface area contributed by atoms with E-state index in [-0.39, 0.29) is 5.78 Å². The first kappa shape index (κ1) is 10.3. The van der Waals surface area contributed by atoms with Gasteiger partial charge >= 0.3 is 0 Å². The van der Waals surface area contributed by atoms with Crippen LogP contribution < -0.4 is 0 Å². The van der Waals surface area contributed by atoms with E-state index in [9.17, 15) is 4.79 Å². The maximum absolute atomic E-state index is 11.0. The van der Waals surface area contributed by atoms with Crippen molar-refractivity contribution in [1.29, 1.82) is 0 Å². The molecule has 0 aromatic heterocycles. The summed E-state index contributed by atoms with van der Waals surface area (Å²) < 4.78 is 0.837. The molecule has 0 aliphatic heterocycles. The summed E-state index contributed by atoms with van der Waals surface area (Å²) in [5.74, 6) is -0.0467. The van der Waals surface area contributed by atoms with Crippen LogP contribution in [0.4, 0.5) is 0 Å². The summed E-state index contributed by atoms with van der Waals surface area (Å²) in [6.45, 7) is 1.48. The molecular formula is C8H5Cl2IO.